The Balaban J connectivity index is 2.63. The lowest BCUT2D eigenvalue weighted by atomic mass is 9.77. The number of amides is 1. The minimum absolute atomic E-state index is 0.0750. The van der Waals surface area contributed by atoms with E-state index in [1.807, 2.05) is 12.4 Å². The zero-order valence-electron chi connectivity index (χ0n) is 14.0. The van der Waals surface area contributed by atoms with Crippen molar-refractivity contribution in [1.82, 2.24) is 10.8 Å². The van der Waals surface area contributed by atoms with Crippen molar-refractivity contribution in [2.45, 2.75) is 38.2 Å². The molecule has 1 heterocycles. The van der Waals surface area contributed by atoms with Crippen LogP contribution in [0.3, 0.4) is 0 Å². The second kappa shape index (κ2) is 11.2. The predicted octanol–water partition coefficient (Wildman–Crippen LogP) is 0.696. The van der Waals surface area contributed by atoms with Crippen molar-refractivity contribution in [2.24, 2.45) is 0 Å². The van der Waals surface area contributed by atoms with Crippen molar-refractivity contribution in [1.29, 1.82) is 0 Å². The van der Waals surface area contributed by atoms with Crippen LogP contribution in [0.4, 0.5) is 0 Å². The number of aliphatic carboxylic acids is 1. The van der Waals surface area contributed by atoms with E-state index in [4.69, 9.17) is 15.0 Å². The zero-order chi connectivity index (χ0) is 18.7. The van der Waals surface area contributed by atoms with Gasteiger partial charge in [-0.2, -0.15) is 0 Å². The number of hydrogen-bond acceptors (Lipinski definition) is 6. The first-order valence-electron chi connectivity index (χ1n) is 7.85. The van der Waals surface area contributed by atoms with Gasteiger partial charge in [0, 0.05) is 6.20 Å². The number of allylic oxidation sites excluding steroid dienone is 4. The van der Waals surface area contributed by atoms with Crippen LogP contribution >= 0.6 is 0 Å². The molecule has 0 unspecified atom stereocenters. The third-order valence-corrected chi connectivity index (χ3v) is 3.35. The first-order valence-corrected chi connectivity index (χ1v) is 7.85. The van der Waals surface area contributed by atoms with Gasteiger partial charge >= 0.3 is 13.1 Å². The molecule has 0 fully saturated rings. The molecule has 9 heteroatoms. The Kier molecular flexibility index (Phi) is 9.30. The van der Waals surface area contributed by atoms with E-state index < -0.39 is 25.1 Å². The van der Waals surface area contributed by atoms with Crippen molar-refractivity contribution in [3.63, 3.8) is 0 Å². The molecule has 1 rings (SSSR count). The lowest BCUT2D eigenvalue weighted by Gasteiger charge is -2.20. The first kappa shape index (κ1) is 20.7. The fourth-order valence-corrected chi connectivity index (χ4v) is 2.28. The standard InChI is InChI=1S/C16H23BN2O6/c1-2-5-12(6-4-9-18-24)10-15(20)19-14-8-3-7-13(11-16(21)22)25-17(14)23/h2-7,9,13-14,18,23-24H,8,10-11H2,1H3,(H,19,20)(H,21,22)/b5-2-,9-4-,12-6+/t13-,14+/m1/s1. The van der Waals surface area contributed by atoms with Gasteiger partial charge in [0.25, 0.3) is 0 Å². The van der Waals surface area contributed by atoms with Crippen LogP contribution in [-0.2, 0) is 14.2 Å². The maximum atomic E-state index is 12.2. The highest BCUT2D eigenvalue weighted by Crippen LogP contribution is 2.13. The summed E-state index contributed by atoms with van der Waals surface area (Å²) in [4.78, 5) is 22.9. The minimum atomic E-state index is -1.30. The van der Waals surface area contributed by atoms with Crippen LogP contribution < -0.4 is 10.8 Å². The number of hydrogen-bond donors (Lipinski definition) is 5. The van der Waals surface area contributed by atoms with Gasteiger partial charge < -0.3 is 20.1 Å². The highest BCUT2D eigenvalue weighted by molar-refractivity contribution is 6.45. The summed E-state index contributed by atoms with van der Waals surface area (Å²) in [5, 5.41) is 30.0. The quantitative estimate of drug-likeness (QED) is 0.189. The van der Waals surface area contributed by atoms with E-state index in [1.165, 1.54) is 6.20 Å². The van der Waals surface area contributed by atoms with E-state index in [-0.39, 0.29) is 18.7 Å². The molecule has 1 aliphatic heterocycles. The van der Waals surface area contributed by atoms with E-state index in [2.05, 4.69) is 5.32 Å². The predicted molar refractivity (Wildman–Crippen MR) is 92.4 cm³/mol. The number of nitrogens with one attached hydrogen (secondary N) is 2. The summed E-state index contributed by atoms with van der Waals surface area (Å²) in [7, 11) is -1.30. The molecule has 5 N–H and O–H groups in total. The van der Waals surface area contributed by atoms with Crippen LogP contribution in [0.5, 0.6) is 0 Å². The van der Waals surface area contributed by atoms with E-state index in [1.54, 1.807) is 36.5 Å². The van der Waals surface area contributed by atoms with Crippen molar-refractivity contribution < 1.29 is 29.6 Å². The van der Waals surface area contributed by atoms with Gasteiger partial charge in [-0.05, 0) is 25.0 Å². The van der Waals surface area contributed by atoms with Crippen molar-refractivity contribution in [3.05, 3.63) is 48.2 Å². The summed E-state index contributed by atoms with van der Waals surface area (Å²) in [6.45, 7) is 1.82. The molecule has 0 aromatic rings. The van der Waals surface area contributed by atoms with Crippen LogP contribution in [-0.4, -0.2) is 46.4 Å². The molecule has 8 nitrogen and oxygen atoms in total. The smallest absolute Gasteiger partial charge is 0.478 e. The summed E-state index contributed by atoms with van der Waals surface area (Å²) in [6, 6.07) is 0. The van der Waals surface area contributed by atoms with Gasteiger partial charge in [0.15, 0.2) is 0 Å². The Labute approximate surface area is 146 Å². The topological polar surface area (TPSA) is 128 Å². The molecule has 0 spiro atoms. The van der Waals surface area contributed by atoms with Gasteiger partial charge in [0.2, 0.25) is 5.91 Å². The number of rotatable bonds is 8. The van der Waals surface area contributed by atoms with Gasteiger partial charge in [-0.1, -0.05) is 30.4 Å². The minimum Gasteiger partial charge on any atom is -0.481 e. The SMILES string of the molecule is C\C=C/C(=C\C=C/NO)CC(=O)N[C@H]1CC=C[C@H](CC(=O)O)OB1O. The third kappa shape index (κ3) is 8.34. The zero-order valence-corrected chi connectivity index (χ0v) is 14.0. The normalized spacial score (nSPS) is 21.6. The Bertz CT molecular complexity index is 573. The number of carboxylic acid groups (broad SMARTS) is 1. The molecule has 0 aromatic carbocycles. The second-order valence-electron chi connectivity index (χ2n) is 5.41. The van der Waals surface area contributed by atoms with Gasteiger partial charge in [-0.3, -0.25) is 20.3 Å². The third-order valence-electron chi connectivity index (χ3n) is 3.35. The van der Waals surface area contributed by atoms with Gasteiger partial charge in [0.05, 0.1) is 24.9 Å². The maximum Gasteiger partial charge on any atom is 0.478 e. The average Bonchev–Trinajstić information content (AvgIpc) is 2.69. The Morgan fingerprint density at radius 3 is 2.84 bits per heavy atom. The molecule has 0 saturated heterocycles. The molecule has 2 atom stereocenters. The van der Waals surface area contributed by atoms with Crippen LogP contribution in [0, 0.1) is 0 Å². The molecule has 0 aromatic heterocycles. The second-order valence-corrected chi connectivity index (χ2v) is 5.41. The van der Waals surface area contributed by atoms with E-state index in [0.717, 1.165) is 0 Å². The molecule has 1 amide bonds. The highest BCUT2D eigenvalue weighted by Gasteiger charge is 2.32. The van der Waals surface area contributed by atoms with Gasteiger partial charge in [-0.25, -0.2) is 0 Å². The van der Waals surface area contributed by atoms with Gasteiger partial charge in [0.1, 0.15) is 0 Å². The van der Waals surface area contributed by atoms with E-state index in [9.17, 15) is 14.6 Å². The van der Waals surface area contributed by atoms with E-state index in [0.29, 0.717) is 12.0 Å². The molecule has 0 saturated carbocycles. The van der Waals surface area contributed by atoms with E-state index >= 15 is 0 Å². The first-order chi connectivity index (χ1) is 12.0. The molecule has 0 aliphatic carbocycles. The molecule has 0 radical (unpaired) electrons. The Hall–Kier alpha value is -2.36. The molecule has 0 bridgehead atoms. The van der Waals surface area contributed by atoms with Crippen LogP contribution in [0.15, 0.2) is 48.2 Å². The fraction of sp³-hybridized carbons (Fsp3) is 0.375. The molecular weight excluding hydrogens is 327 g/mol. The summed E-state index contributed by atoms with van der Waals surface area (Å²) < 4.78 is 5.26. The largest absolute Gasteiger partial charge is 0.481 e. The molecule has 1 aliphatic rings. The molecule has 25 heavy (non-hydrogen) atoms. The summed E-state index contributed by atoms with van der Waals surface area (Å²) >= 11 is 0. The van der Waals surface area contributed by atoms with Crippen LogP contribution in [0.25, 0.3) is 0 Å². The van der Waals surface area contributed by atoms with Crippen LogP contribution in [0.1, 0.15) is 26.2 Å². The van der Waals surface area contributed by atoms with Crippen LogP contribution in [0.2, 0.25) is 0 Å². The Morgan fingerprint density at radius 1 is 1.44 bits per heavy atom. The van der Waals surface area contributed by atoms with Crippen molar-refractivity contribution >= 4 is 19.0 Å². The highest BCUT2D eigenvalue weighted by atomic mass is 16.5. The monoisotopic (exact) mass is 350 g/mol. The summed E-state index contributed by atoms with van der Waals surface area (Å²) in [5.41, 5.74) is 2.57. The average molecular weight is 350 g/mol. The molecule has 136 valence electrons. The maximum absolute atomic E-state index is 12.2. The van der Waals surface area contributed by atoms with Crippen molar-refractivity contribution in [3.8, 4) is 0 Å². The number of carbonyl (C=O) groups is 2. The van der Waals surface area contributed by atoms with Crippen molar-refractivity contribution in [2.75, 3.05) is 0 Å². The van der Waals surface area contributed by atoms with Gasteiger partial charge in [-0.15, -0.1) is 0 Å². The lowest BCUT2D eigenvalue weighted by molar-refractivity contribution is -0.138. The fourth-order valence-electron chi connectivity index (χ4n) is 2.28. The summed E-state index contributed by atoms with van der Waals surface area (Å²) in [6.07, 6.45) is 10.7. The molecular formula is C16H23BN2O6. The number of carbonyl (C=O) groups excluding carboxylic acids is 1. The summed E-state index contributed by atoms with van der Waals surface area (Å²) in [5.74, 6) is -2.01. The Morgan fingerprint density at radius 2 is 2.20 bits per heavy atom. The number of hydroxylamine groups is 1. The number of carboxylic acids is 1. The lowest BCUT2D eigenvalue weighted by Crippen LogP contribution is -2.48.